The summed E-state index contributed by atoms with van der Waals surface area (Å²) in [5.74, 6) is 0.921. The summed E-state index contributed by atoms with van der Waals surface area (Å²) in [5, 5.41) is 2.97. The predicted molar refractivity (Wildman–Crippen MR) is 97.2 cm³/mol. The van der Waals surface area contributed by atoms with E-state index in [0.29, 0.717) is 17.3 Å². The molecule has 1 saturated heterocycles. The van der Waals surface area contributed by atoms with E-state index in [0.717, 1.165) is 16.8 Å². The maximum absolute atomic E-state index is 12.7. The summed E-state index contributed by atoms with van der Waals surface area (Å²) in [5.41, 5.74) is 3.58. The molecule has 1 aliphatic heterocycles. The molecule has 5 nitrogen and oxygen atoms in total. The van der Waals surface area contributed by atoms with Gasteiger partial charge in [-0.25, -0.2) is 0 Å². The Morgan fingerprint density at radius 2 is 2.04 bits per heavy atom. The molecule has 126 valence electrons. The molecule has 0 bridgehead atoms. The van der Waals surface area contributed by atoms with Gasteiger partial charge >= 0.3 is 0 Å². The Hall–Kier alpha value is -2.21. The second kappa shape index (κ2) is 6.73. The van der Waals surface area contributed by atoms with Crippen molar-refractivity contribution in [3.05, 3.63) is 53.3 Å². The van der Waals surface area contributed by atoms with E-state index in [1.807, 2.05) is 51.4 Å². The van der Waals surface area contributed by atoms with Crippen LogP contribution in [0.25, 0.3) is 0 Å². The van der Waals surface area contributed by atoms with Gasteiger partial charge in [-0.3, -0.25) is 9.59 Å². The van der Waals surface area contributed by atoms with Crippen molar-refractivity contribution in [2.45, 2.75) is 19.9 Å². The zero-order valence-electron chi connectivity index (χ0n) is 14.1. The number of thioether (sulfide) groups is 1. The lowest BCUT2D eigenvalue weighted by molar-refractivity contribution is -0.119. The first-order chi connectivity index (χ1) is 11.5. The molecule has 0 saturated carbocycles. The van der Waals surface area contributed by atoms with Gasteiger partial charge < -0.3 is 14.8 Å². The summed E-state index contributed by atoms with van der Waals surface area (Å²) >= 11 is 1.60. The van der Waals surface area contributed by atoms with E-state index in [1.54, 1.807) is 27.3 Å². The maximum Gasteiger partial charge on any atom is 0.271 e. The zero-order chi connectivity index (χ0) is 17.3. The number of anilines is 1. The standard InChI is InChI=1S/C18H21N3O2S/c1-12-6-7-14(13(2)9-12)19-17(22)16-10-24-11-21(16)18(23)15-5-4-8-20(15)3/h4-9,16H,10-11H2,1-3H3,(H,19,22)/t16-/m1/s1. The molecule has 1 atom stereocenters. The largest absolute Gasteiger partial charge is 0.347 e. The van der Waals surface area contributed by atoms with Crippen LogP contribution in [0.5, 0.6) is 0 Å². The average molecular weight is 343 g/mol. The molecule has 0 spiro atoms. The fourth-order valence-electron chi connectivity index (χ4n) is 2.86. The van der Waals surface area contributed by atoms with E-state index in [9.17, 15) is 9.59 Å². The fraction of sp³-hybridized carbons (Fsp3) is 0.333. The Labute approximate surface area is 146 Å². The van der Waals surface area contributed by atoms with Gasteiger partial charge in [-0.1, -0.05) is 17.7 Å². The molecule has 2 amide bonds. The minimum atomic E-state index is -0.446. The minimum Gasteiger partial charge on any atom is -0.347 e. The zero-order valence-corrected chi connectivity index (χ0v) is 14.9. The summed E-state index contributed by atoms with van der Waals surface area (Å²) in [6, 6.07) is 9.09. The Balaban J connectivity index is 1.76. The summed E-state index contributed by atoms with van der Waals surface area (Å²) in [6.07, 6.45) is 1.83. The molecule has 0 unspecified atom stereocenters. The van der Waals surface area contributed by atoms with E-state index in [-0.39, 0.29) is 11.8 Å². The van der Waals surface area contributed by atoms with E-state index in [1.165, 1.54) is 0 Å². The second-order valence-corrected chi connectivity index (χ2v) is 7.10. The van der Waals surface area contributed by atoms with Crippen LogP contribution in [0.3, 0.4) is 0 Å². The van der Waals surface area contributed by atoms with Gasteiger partial charge in [-0.15, -0.1) is 11.8 Å². The van der Waals surface area contributed by atoms with Crippen molar-refractivity contribution in [1.82, 2.24) is 9.47 Å². The number of amides is 2. The summed E-state index contributed by atoms with van der Waals surface area (Å²) < 4.78 is 1.78. The number of carbonyl (C=O) groups excluding carboxylic acids is 2. The number of aryl methyl sites for hydroxylation is 3. The average Bonchev–Trinajstić information content (AvgIpc) is 3.18. The highest BCUT2D eigenvalue weighted by molar-refractivity contribution is 7.99. The second-order valence-electron chi connectivity index (χ2n) is 6.10. The van der Waals surface area contributed by atoms with Crippen molar-refractivity contribution in [3.8, 4) is 0 Å². The normalized spacial score (nSPS) is 17.1. The highest BCUT2D eigenvalue weighted by Gasteiger charge is 2.35. The maximum atomic E-state index is 12.7. The summed E-state index contributed by atoms with van der Waals surface area (Å²) in [4.78, 5) is 27.1. The molecule has 1 fully saturated rings. The van der Waals surface area contributed by atoms with E-state index in [2.05, 4.69) is 5.32 Å². The van der Waals surface area contributed by atoms with Crippen molar-refractivity contribution >= 4 is 29.3 Å². The molecular weight excluding hydrogens is 322 g/mol. The van der Waals surface area contributed by atoms with Crippen LogP contribution in [0.1, 0.15) is 21.6 Å². The van der Waals surface area contributed by atoms with E-state index in [4.69, 9.17) is 0 Å². The molecule has 0 radical (unpaired) electrons. The van der Waals surface area contributed by atoms with Crippen molar-refractivity contribution in [1.29, 1.82) is 0 Å². The molecule has 2 heterocycles. The van der Waals surface area contributed by atoms with Gasteiger partial charge in [-0.2, -0.15) is 0 Å². The number of carbonyl (C=O) groups is 2. The highest BCUT2D eigenvalue weighted by atomic mass is 32.2. The molecular formula is C18H21N3O2S. The number of hydrogen-bond acceptors (Lipinski definition) is 3. The molecule has 3 rings (SSSR count). The van der Waals surface area contributed by atoms with E-state index >= 15 is 0 Å². The van der Waals surface area contributed by atoms with Crippen LogP contribution < -0.4 is 5.32 Å². The third-order valence-corrected chi connectivity index (χ3v) is 5.26. The first-order valence-electron chi connectivity index (χ1n) is 7.85. The lowest BCUT2D eigenvalue weighted by Crippen LogP contribution is -2.45. The third-order valence-electron chi connectivity index (χ3n) is 4.25. The first-order valence-corrected chi connectivity index (χ1v) is 9.01. The molecule has 1 aromatic heterocycles. The van der Waals surface area contributed by atoms with Crippen LogP contribution in [0.4, 0.5) is 5.69 Å². The van der Waals surface area contributed by atoms with Crippen LogP contribution in [-0.2, 0) is 11.8 Å². The number of aromatic nitrogens is 1. The van der Waals surface area contributed by atoms with Crippen LogP contribution >= 0.6 is 11.8 Å². The van der Waals surface area contributed by atoms with Gasteiger partial charge in [-0.05, 0) is 37.6 Å². The van der Waals surface area contributed by atoms with Gasteiger partial charge in [0.25, 0.3) is 5.91 Å². The quantitative estimate of drug-likeness (QED) is 0.932. The number of nitrogens with zero attached hydrogens (tertiary/aromatic N) is 2. The van der Waals surface area contributed by atoms with Crippen LogP contribution in [0, 0.1) is 13.8 Å². The summed E-state index contributed by atoms with van der Waals surface area (Å²) in [6.45, 7) is 3.99. The molecule has 1 aromatic carbocycles. The first kappa shape index (κ1) is 16.6. The number of benzene rings is 1. The van der Waals surface area contributed by atoms with E-state index < -0.39 is 6.04 Å². The van der Waals surface area contributed by atoms with Crippen molar-refractivity contribution in [2.75, 3.05) is 16.9 Å². The van der Waals surface area contributed by atoms with Crippen LogP contribution in [0.15, 0.2) is 36.5 Å². The molecule has 1 aliphatic rings. The monoisotopic (exact) mass is 343 g/mol. The van der Waals surface area contributed by atoms with Gasteiger partial charge in [0.05, 0.1) is 5.88 Å². The molecule has 6 heteroatoms. The summed E-state index contributed by atoms with van der Waals surface area (Å²) in [7, 11) is 1.83. The molecule has 24 heavy (non-hydrogen) atoms. The fourth-order valence-corrected chi connectivity index (χ4v) is 4.01. The smallest absolute Gasteiger partial charge is 0.271 e. The topological polar surface area (TPSA) is 54.3 Å². The Bertz CT molecular complexity index is 784. The SMILES string of the molecule is Cc1ccc(NC(=O)[C@H]2CSCN2C(=O)c2cccn2C)c(C)c1. The van der Waals surface area contributed by atoms with Gasteiger partial charge in [0, 0.05) is 24.7 Å². The highest BCUT2D eigenvalue weighted by Crippen LogP contribution is 2.25. The third kappa shape index (κ3) is 3.19. The lowest BCUT2D eigenvalue weighted by atomic mass is 10.1. The van der Waals surface area contributed by atoms with Gasteiger partial charge in [0.1, 0.15) is 11.7 Å². The molecule has 2 aromatic rings. The Kier molecular flexibility index (Phi) is 4.66. The Morgan fingerprint density at radius 1 is 1.25 bits per heavy atom. The van der Waals surface area contributed by atoms with Crippen LogP contribution in [0.2, 0.25) is 0 Å². The number of hydrogen-bond donors (Lipinski definition) is 1. The Morgan fingerprint density at radius 3 is 2.71 bits per heavy atom. The van der Waals surface area contributed by atoms with Crippen molar-refractivity contribution in [3.63, 3.8) is 0 Å². The lowest BCUT2D eigenvalue weighted by Gasteiger charge is -2.23. The number of nitrogens with one attached hydrogen (secondary N) is 1. The predicted octanol–water partition coefficient (Wildman–Crippen LogP) is 2.80. The van der Waals surface area contributed by atoms with Crippen molar-refractivity contribution < 1.29 is 9.59 Å². The molecule has 0 aliphatic carbocycles. The molecule has 1 N–H and O–H groups in total. The van der Waals surface area contributed by atoms with Crippen molar-refractivity contribution in [2.24, 2.45) is 7.05 Å². The van der Waals surface area contributed by atoms with Gasteiger partial charge in [0.15, 0.2) is 0 Å². The van der Waals surface area contributed by atoms with Crippen LogP contribution in [-0.4, -0.2) is 39.0 Å². The van der Waals surface area contributed by atoms with Gasteiger partial charge in [0.2, 0.25) is 5.91 Å². The number of rotatable bonds is 3. The minimum absolute atomic E-state index is 0.103.